The molecule has 0 amide bonds. The molecule has 0 bridgehead atoms. The van der Waals surface area contributed by atoms with Gasteiger partial charge in [0.05, 0.1) is 6.73 Å². The fourth-order valence-electron chi connectivity index (χ4n) is 1.97. The minimum absolute atomic E-state index is 0.179. The molecule has 2 rings (SSSR count). The van der Waals surface area contributed by atoms with E-state index < -0.39 is 0 Å². The predicted octanol–water partition coefficient (Wildman–Crippen LogP) is 1.55. The van der Waals surface area contributed by atoms with Crippen LogP contribution in [0.5, 0.6) is 0 Å². The summed E-state index contributed by atoms with van der Waals surface area (Å²) in [7, 11) is 1.71. The second-order valence-electron chi connectivity index (χ2n) is 4.00. The summed E-state index contributed by atoms with van der Waals surface area (Å²) >= 11 is 0. The number of methoxy groups -OCH3 is 1. The fraction of sp³-hybridized carbons (Fsp3) is 0.500. The van der Waals surface area contributed by atoms with E-state index in [9.17, 15) is 4.39 Å². The van der Waals surface area contributed by atoms with Crippen molar-refractivity contribution in [2.24, 2.45) is 0 Å². The zero-order chi connectivity index (χ0) is 11.4. The first kappa shape index (κ1) is 11.4. The van der Waals surface area contributed by atoms with Crippen LogP contribution in [0.15, 0.2) is 24.3 Å². The van der Waals surface area contributed by atoms with Crippen LogP contribution in [0.2, 0.25) is 0 Å². The van der Waals surface area contributed by atoms with Crippen molar-refractivity contribution in [3.05, 3.63) is 30.1 Å². The highest BCUT2D eigenvalue weighted by Crippen LogP contribution is 2.16. The average molecular weight is 224 g/mol. The van der Waals surface area contributed by atoms with Crippen molar-refractivity contribution in [2.75, 3.05) is 44.9 Å². The Kier molecular flexibility index (Phi) is 3.74. The van der Waals surface area contributed by atoms with E-state index >= 15 is 0 Å². The highest BCUT2D eigenvalue weighted by atomic mass is 19.1. The van der Waals surface area contributed by atoms with Gasteiger partial charge in [-0.25, -0.2) is 4.39 Å². The molecular weight excluding hydrogens is 207 g/mol. The molecule has 4 heteroatoms. The number of hydrogen-bond acceptors (Lipinski definition) is 3. The molecule has 0 radical (unpaired) electrons. The van der Waals surface area contributed by atoms with Gasteiger partial charge in [0.15, 0.2) is 0 Å². The predicted molar refractivity (Wildman–Crippen MR) is 62.1 cm³/mol. The first-order valence-corrected chi connectivity index (χ1v) is 5.51. The molecule has 1 aromatic rings. The standard InChI is InChI=1S/C12H17FN2O/c1-16-10-14-6-8-15(9-7-14)12-4-2-11(13)3-5-12/h2-5H,6-10H2,1H3. The number of halogens is 1. The van der Waals surface area contributed by atoms with Crippen LogP contribution < -0.4 is 4.90 Å². The summed E-state index contributed by atoms with van der Waals surface area (Å²) in [5.74, 6) is -0.179. The molecule has 1 aromatic carbocycles. The summed E-state index contributed by atoms with van der Waals surface area (Å²) < 4.78 is 17.9. The van der Waals surface area contributed by atoms with Crippen molar-refractivity contribution in [3.63, 3.8) is 0 Å². The summed E-state index contributed by atoms with van der Waals surface area (Å²) in [6, 6.07) is 6.69. The summed E-state index contributed by atoms with van der Waals surface area (Å²) in [6.45, 7) is 4.61. The molecule has 1 fully saturated rings. The Balaban J connectivity index is 1.91. The van der Waals surface area contributed by atoms with E-state index in [0.29, 0.717) is 6.73 Å². The number of piperazine rings is 1. The third kappa shape index (κ3) is 2.71. The second-order valence-corrected chi connectivity index (χ2v) is 4.00. The molecular formula is C12H17FN2O. The van der Waals surface area contributed by atoms with Gasteiger partial charge in [-0.1, -0.05) is 0 Å². The molecule has 0 N–H and O–H groups in total. The van der Waals surface area contributed by atoms with Gasteiger partial charge in [-0.2, -0.15) is 0 Å². The van der Waals surface area contributed by atoms with Crippen LogP contribution in [0.25, 0.3) is 0 Å². The van der Waals surface area contributed by atoms with Crippen molar-refractivity contribution in [1.29, 1.82) is 0 Å². The van der Waals surface area contributed by atoms with Gasteiger partial charge in [0.2, 0.25) is 0 Å². The van der Waals surface area contributed by atoms with E-state index in [1.165, 1.54) is 12.1 Å². The van der Waals surface area contributed by atoms with E-state index in [1.807, 2.05) is 12.1 Å². The van der Waals surface area contributed by atoms with Crippen LogP contribution in [0.4, 0.5) is 10.1 Å². The maximum Gasteiger partial charge on any atom is 0.123 e. The lowest BCUT2D eigenvalue weighted by molar-refractivity contribution is 0.0596. The Morgan fingerprint density at radius 2 is 1.75 bits per heavy atom. The van der Waals surface area contributed by atoms with Gasteiger partial charge in [-0.05, 0) is 24.3 Å². The Bertz CT molecular complexity index is 320. The van der Waals surface area contributed by atoms with Gasteiger partial charge in [-0.15, -0.1) is 0 Å². The fourth-order valence-corrected chi connectivity index (χ4v) is 1.97. The van der Waals surface area contributed by atoms with Crippen LogP contribution >= 0.6 is 0 Å². The lowest BCUT2D eigenvalue weighted by atomic mass is 10.2. The third-order valence-corrected chi connectivity index (χ3v) is 2.88. The highest BCUT2D eigenvalue weighted by molar-refractivity contribution is 5.46. The normalized spacial score (nSPS) is 17.8. The lowest BCUT2D eigenvalue weighted by Gasteiger charge is -2.35. The quantitative estimate of drug-likeness (QED) is 0.774. The van der Waals surface area contributed by atoms with Crippen molar-refractivity contribution in [3.8, 4) is 0 Å². The second kappa shape index (κ2) is 5.27. The first-order valence-electron chi connectivity index (χ1n) is 5.51. The summed E-state index contributed by atoms with van der Waals surface area (Å²) in [5, 5.41) is 0. The van der Waals surface area contributed by atoms with E-state index in [4.69, 9.17) is 4.74 Å². The average Bonchev–Trinajstić information content (AvgIpc) is 2.32. The number of anilines is 1. The minimum Gasteiger partial charge on any atom is -0.369 e. The SMILES string of the molecule is COCN1CCN(c2ccc(F)cc2)CC1. The molecule has 1 aliphatic rings. The largest absolute Gasteiger partial charge is 0.369 e. The summed E-state index contributed by atoms with van der Waals surface area (Å²) in [4.78, 5) is 4.53. The zero-order valence-electron chi connectivity index (χ0n) is 9.53. The van der Waals surface area contributed by atoms with Crippen molar-refractivity contribution in [2.45, 2.75) is 0 Å². The zero-order valence-corrected chi connectivity index (χ0v) is 9.53. The smallest absolute Gasteiger partial charge is 0.123 e. The molecule has 1 saturated heterocycles. The number of benzene rings is 1. The van der Waals surface area contributed by atoms with Gasteiger partial charge in [0.1, 0.15) is 5.82 Å². The van der Waals surface area contributed by atoms with Gasteiger partial charge >= 0.3 is 0 Å². The number of hydrogen-bond donors (Lipinski definition) is 0. The Labute approximate surface area is 95.4 Å². The molecule has 0 atom stereocenters. The van der Waals surface area contributed by atoms with Crippen LogP contribution in [0, 0.1) is 5.82 Å². The first-order chi connectivity index (χ1) is 7.79. The Morgan fingerprint density at radius 1 is 1.12 bits per heavy atom. The molecule has 0 aromatic heterocycles. The van der Waals surface area contributed by atoms with Crippen LogP contribution in [-0.4, -0.2) is 44.9 Å². The van der Waals surface area contributed by atoms with E-state index in [0.717, 1.165) is 31.9 Å². The lowest BCUT2D eigenvalue weighted by Crippen LogP contribution is -2.46. The Morgan fingerprint density at radius 3 is 2.31 bits per heavy atom. The maximum absolute atomic E-state index is 12.8. The number of nitrogens with zero attached hydrogens (tertiary/aromatic N) is 2. The van der Waals surface area contributed by atoms with Gasteiger partial charge in [-0.3, -0.25) is 4.90 Å². The van der Waals surface area contributed by atoms with E-state index in [-0.39, 0.29) is 5.82 Å². The molecule has 3 nitrogen and oxygen atoms in total. The topological polar surface area (TPSA) is 15.7 Å². The third-order valence-electron chi connectivity index (χ3n) is 2.88. The van der Waals surface area contributed by atoms with Crippen molar-refractivity contribution < 1.29 is 9.13 Å². The Hall–Kier alpha value is -1.13. The molecule has 0 spiro atoms. The van der Waals surface area contributed by atoms with Crippen LogP contribution in [0.3, 0.4) is 0 Å². The van der Waals surface area contributed by atoms with E-state index in [1.54, 1.807) is 7.11 Å². The molecule has 0 aliphatic carbocycles. The highest BCUT2D eigenvalue weighted by Gasteiger charge is 2.16. The maximum atomic E-state index is 12.8. The van der Waals surface area contributed by atoms with E-state index in [2.05, 4.69) is 9.80 Å². The van der Waals surface area contributed by atoms with Gasteiger partial charge in [0.25, 0.3) is 0 Å². The van der Waals surface area contributed by atoms with Crippen LogP contribution in [-0.2, 0) is 4.74 Å². The number of ether oxygens (including phenoxy) is 1. The van der Waals surface area contributed by atoms with Crippen molar-refractivity contribution in [1.82, 2.24) is 4.90 Å². The van der Waals surface area contributed by atoms with Crippen LogP contribution in [0.1, 0.15) is 0 Å². The molecule has 88 valence electrons. The summed E-state index contributed by atoms with van der Waals surface area (Å²) in [6.07, 6.45) is 0. The minimum atomic E-state index is -0.179. The van der Waals surface area contributed by atoms with Gasteiger partial charge in [0, 0.05) is 39.0 Å². The monoisotopic (exact) mass is 224 g/mol. The molecule has 0 unspecified atom stereocenters. The molecule has 16 heavy (non-hydrogen) atoms. The number of rotatable bonds is 3. The molecule has 1 aliphatic heterocycles. The summed E-state index contributed by atoms with van der Waals surface area (Å²) in [5.41, 5.74) is 1.10. The van der Waals surface area contributed by atoms with Crippen molar-refractivity contribution >= 4 is 5.69 Å². The molecule has 1 heterocycles. The van der Waals surface area contributed by atoms with Gasteiger partial charge < -0.3 is 9.64 Å². The molecule has 0 saturated carbocycles.